The Hall–Kier alpha value is -2.67. The maximum Gasteiger partial charge on any atom is 0.255 e. The lowest BCUT2D eigenvalue weighted by atomic mass is 10.1. The molecule has 5 nitrogen and oxygen atoms in total. The van der Waals surface area contributed by atoms with Gasteiger partial charge in [-0.1, -0.05) is 17.7 Å². The summed E-state index contributed by atoms with van der Waals surface area (Å²) < 4.78 is 0. The summed E-state index contributed by atoms with van der Waals surface area (Å²) >= 11 is 7.50. The number of aliphatic imine (C=N–C) groups is 1. The molecule has 7 heteroatoms. The number of hydrogen-bond acceptors (Lipinski definition) is 5. The fourth-order valence-electron chi connectivity index (χ4n) is 2.75. The number of rotatable bonds is 3. The molecule has 0 bridgehead atoms. The van der Waals surface area contributed by atoms with Gasteiger partial charge in [0, 0.05) is 27.5 Å². The second-order valence-electron chi connectivity index (χ2n) is 5.79. The van der Waals surface area contributed by atoms with Crippen molar-refractivity contribution >= 4 is 51.6 Å². The van der Waals surface area contributed by atoms with Crippen LogP contribution in [0.25, 0.3) is 0 Å². The molecule has 3 aromatic rings. The van der Waals surface area contributed by atoms with E-state index in [9.17, 15) is 4.79 Å². The predicted octanol–water partition coefficient (Wildman–Crippen LogP) is 4.79. The third kappa shape index (κ3) is 3.22. The molecule has 1 unspecified atom stereocenters. The molecule has 1 aromatic heterocycles. The third-order valence-corrected chi connectivity index (χ3v) is 5.17. The number of halogens is 1. The van der Waals surface area contributed by atoms with Crippen molar-refractivity contribution in [1.82, 2.24) is 0 Å². The average Bonchev–Trinajstić information content (AvgIpc) is 3.13. The van der Waals surface area contributed by atoms with Gasteiger partial charge in [-0.15, -0.1) is 11.3 Å². The molecule has 0 spiro atoms. The summed E-state index contributed by atoms with van der Waals surface area (Å²) in [4.78, 5) is 18.6. The Balaban J connectivity index is 1.50. The molecule has 1 aliphatic heterocycles. The number of anilines is 2. The third-order valence-electron chi connectivity index (χ3n) is 4.10. The Labute approximate surface area is 159 Å². The first-order chi connectivity index (χ1) is 12.6. The van der Waals surface area contributed by atoms with Gasteiger partial charge >= 0.3 is 0 Å². The van der Waals surface area contributed by atoms with Gasteiger partial charge in [0.1, 0.15) is 11.2 Å². The highest BCUT2D eigenvalue weighted by atomic mass is 35.5. The van der Waals surface area contributed by atoms with Crippen LogP contribution in [0.2, 0.25) is 5.02 Å². The standard InChI is InChI=1S/C19H15ClN4OS/c20-13-3-1-2-12(10-13)18(25)23-14-4-6-15(7-5-14)24-11-22-19-16(17(24)21)8-9-26-19/h1-11,17H,21H2,(H,23,25). The van der Waals surface area contributed by atoms with E-state index in [0.717, 1.165) is 16.3 Å². The minimum Gasteiger partial charge on any atom is -0.322 e. The quantitative estimate of drug-likeness (QED) is 0.684. The van der Waals surface area contributed by atoms with Crippen LogP contribution in [-0.4, -0.2) is 12.2 Å². The molecule has 0 aliphatic carbocycles. The molecule has 0 fully saturated rings. The lowest BCUT2D eigenvalue weighted by Gasteiger charge is -2.29. The minimum atomic E-state index is -0.277. The molecule has 1 amide bonds. The zero-order chi connectivity index (χ0) is 18.1. The number of nitrogens with zero attached hydrogens (tertiary/aromatic N) is 2. The highest BCUT2D eigenvalue weighted by molar-refractivity contribution is 7.14. The summed E-state index contributed by atoms with van der Waals surface area (Å²) in [6, 6.07) is 16.3. The Kier molecular flexibility index (Phi) is 4.46. The number of carbonyl (C=O) groups is 1. The lowest BCUT2D eigenvalue weighted by molar-refractivity contribution is 0.102. The van der Waals surface area contributed by atoms with Crippen LogP contribution in [0.3, 0.4) is 0 Å². The Morgan fingerprint density at radius 3 is 2.77 bits per heavy atom. The van der Waals surface area contributed by atoms with Crippen molar-refractivity contribution in [2.24, 2.45) is 10.7 Å². The normalized spacial score (nSPS) is 15.6. The summed E-state index contributed by atoms with van der Waals surface area (Å²) in [5.41, 5.74) is 9.45. The van der Waals surface area contributed by atoms with Crippen molar-refractivity contribution in [2.45, 2.75) is 6.17 Å². The van der Waals surface area contributed by atoms with Gasteiger partial charge in [0.15, 0.2) is 0 Å². The van der Waals surface area contributed by atoms with E-state index in [4.69, 9.17) is 17.3 Å². The molecule has 2 heterocycles. The minimum absolute atomic E-state index is 0.209. The van der Waals surface area contributed by atoms with E-state index in [-0.39, 0.29) is 12.1 Å². The Morgan fingerprint density at radius 2 is 2.00 bits per heavy atom. The van der Waals surface area contributed by atoms with Crippen molar-refractivity contribution in [3.05, 3.63) is 76.1 Å². The van der Waals surface area contributed by atoms with Gasteiger partial charge in [0.05, 0.1) is 6.34 Å². The second kappa shape index (κ2) is 6.92. The van der Waals surface area contributed by atoms with E-state index in [1.54, 1.807) is 41.9 Å². The predicted molar refractivity (Wildman–Crippen MR) is 108 cm³/mol. The van der Waals surface area contributed by atoms with E-state index in [0.29, 0.717) is 16.3 Å². The van der Waals surface area contributed by atoms with E-state index in [2.05, 4.69) is 10.3 Å². The van der Waals surface area contributed by atoms with E-state index < -0.39 is 0 Å². The van der Waals surface area contributed by atoms with Crippen LogP contribution in [0.5, 0.6) is 0 Å². The molecule has 0 radical (unpaired) electrons. The topological polar surface area (TPSA) is 70.7 Å². The number of nitrogens with one attached hydrogen (secondary N) is 1. The van der Waals surface area contributed by atoms with Gasteiger partial charge in [0.2, 0.25) is 0 Å². The maximum atomic E-state index is 12.3. The number of thiophene rings is 1. The number of nitrogens with two attached hydrogens (primary N) is 1. The van der Waals surface area contributed by atoms with Gasteiger partial charge in [-0.3, -0.25) is 4.79 Å². The molecular weight excluding hydrogens is 368 g/mol. The fourth-order valence-corrected chi connectivity index (χ4v) is 3.72. The highest BCUT2D eigenvalue weighted by Gasteiger charge is 2.23. The van der Waals surface area contributed by atoms with Gasteiger partial charge in [0.25, 0.3) is 5.91 Å². The summed E-state index contributed by atoms with van der Waals surface area (Å²) in [5, 5.41) is 6.32. The molecule has 1 atom stereocenters. The molecule has 0 saturated heterocycles. The fraction of sp³-hybridized carbons (Fsp3) is 0.0526. The zero-order valence-electron chi connectivity index (χ0n) is 13.6. The van der Waals surface area contributed by atoms with E-state index in [1.165, 1.54) is 0 Å². The first-order valence-corrected chi connectivity index (χ1v) is 9.20. The summed E-state index contributed by atoms with van der Waals surface area (Å²) in [6.45, 7) is 0. The lowest BCUT2D eigenvalue weighted by Crippen LogP contribution is -2.35. The van der Waals surface area contributed by atoms with E-state index >= 15 is 0 Å². The van der Waals surface area contributed by atoms with Gasteiger partial charge < -0.3 is 16.0 Å². The Morgan fingerprint density at radius 1 is 1.19 bits per heavy atom. The van der Waals surface area contributed by atoms with Crippen molar-refractivity contribution in [1.29, 1.82) is 0 Å². The first kappa shape index (κ1) is 16.8. The molecular formula is C19H15ClN4OS. The number of fused-ring (bicyclic) bond motifs is 1. The maximum absolute atomic E-state index is 12.3. The average molecular weight is 383 g/mol. The summed E-state index contributed by atoms with van der Waals surface area (Å²) in [7, 11) is 0. The van der Waals surface area contributed by atoms with Crippen LogP contribution in [0.15, 0.2) is 65.0 Å². The number of hydrogen-bond donors (Lipinski definition) is 2. The second-order valence-corrected chi connectivity index (χ2v) is 7.12. The molecule has 4 rings (SSSR count). The number of amides is 1. The van der Waals surface area contributed by atoms with Crippen LogP contribution in [0.1, 0.15) is 22.1 Å². The first-order valence-electron chi connectivity index (χ1n) is 7.94. The summed E-state index contributed by atoms with van der Waals surface area (Å²) in [6.07, 6.45) is 1.46. The molecule has 130 valence electrons. The van der Waals surface area contributed by atoms with Crippen LogP contribution < -0.4 is 16.0 Å². The van der Waals surface area contributed by atoms with Gasteiger partial charge in [-0.25, -0.2) is 4.99 Å². The summed E-state index contributed by atoms with van der Waals surface area (Å²) in [5.74, 6) is -0.209. The number of carbonyl (C=O) groups excluding carboxylic acids is 1. The van der Waals surface area contributed by atoms with E-state index in [1.807, 2.05) is 40.6 Å². The SMILES string of the molecule is NC1c2ccsc2N=CN1c1ccc(NC(=O)c2cccc(Cl)c2)cc1. The van der Waals surface area contributed by atoms with Crippen LogP contribution in [-0.2, 0) is 0 Å². The van der Waals surface area contributed by atoms with Gasteiger partial charge in [-0.2, -0.15) is 0 Å². The van der Waals surface area contributed by atoms with Gasteiger partial charge in [-0.05, 0) is 53.9 Å². The zero-order valence-corrected chi connectivity index (χ0v) is 15.2. The number of benzene rings is 2. The van der Waals surface area contributed by atoms with Crippen molar-refractivity contribution < 1.29 is 4.79 Å². The molecule has 2 aromatic carbocycles. The van der Waals surface area contributed by atoms with Crippen molar-refractivity contribution in [3.63, 3.8) is 0 Å². The van der Waals surface area contributed by atoms with Crippen LogP contribution in [0.4, 0.5) is 16.4 Å². The van der Waals surface area contributed by atoms with Crippen molar-refractivity contribution in [2.75, 3.05) is 10.2 Å². The van der Waals surface area contributed by atoms with Crippen LogP contribution in [0, 0.1) is 0 Å². The molecule has 3 N–H and O–H groups in total. The monoisotopic (exact) mass is 382 g/mol. The smallest absolute Gasteiger partial charge is 0.255 e. The largest absolute Gasteiger partial charge is 0.322 e. The Bertz CT molecular complexity index is 983. The van der Waals surface area contributed by atoms with Crippen molar-refractivity contribution in [3.8, 4) is 0 Å². The molecule has 1 aliphatic rings. The molecule has 0 saturated carbocycles. The highest BCUT2D eigenvalue weighted by Crippen LogP contribution is 2.36. The van der Waals surface area contributed by atoms with Crippen LogP contribution >= 0.6 is 22.9 Å². The molecule has 26 heavy (non-hydrogen) atoms.